The second kappa shape index (κ2) is 8.46. The first kappa shape index (κ1) is 19.8. The van der Waals surface area contributed by atoms with Crippen LogP contribution in [0.2, 0.25) is 0 Å². The third-order valence-corrected chi connectivity index (χ3v) is 5.77. The van der Waals surface area contributed by atoms with E-state index < -0.39 is 5.72 Å². The first-order valence-electron chi connectivity index (χ1n) is 10.8. The van der Waals surface area contributed by atoms with Gasteiger partial charge in [-0.3, -0.25) is 4.58 Å². The Balaban J connectivity index is 1.73. The summed E-state index contributed by atoms with van der Waals surface area (Å²) in [6, 6.07) is 15.9. The minimum Gasteiger partial charge on any atom is -0.494 e. The summed E-state index contributed by atoms with van der Waals surface area (Å²) in [5.41, 5.74) is 0.768. The molecule has 2 aromatic carbocycles. The molecule has 0 aromatic heterocycles. The van der Waals surface area contributed by atoms with Gasteiger partial charge in [0.1, 0.15) is 17.2 Å². The molecule has 0 bridgehead atoms. The molecule has 5 heteroatoms. The molecule has 2 heterocycles. The predicted molar refractivity (Wildman–Crippen MR) is 115 cm³/mol. The number of benzene rings is 2. The van der Waals surface area contributed by atoms with E-state index in [9.17, 15) is 5.11 Å². The van der Waals surface area contributed by atoms with Gasteiger partial charge in [0.05, 0.1) is 19.8 Å². The molecule has 4 rings (SSSR count). The molecule has 0 spiro atoms. The number of hydrogen-bond acceptors (Lipinski definition) is 4. The van der Waals surface area contributed by atoms with Crippen LogP contribution in [0.25, 0.3) is 0 Å². The molecular formula is C24H31N2O3+. The summed E-state index contributed by atoms with van der Waals surface area (Å²) in [7, 11) is 0. The molecule has 2 aromatic rings. The van der Waals surface area contributed by atoms with E-state index in [4.69, 9.17) is 9.47 Å². The highest BCUT2D eigenvalue weighted by atomic mass is 16.5. The molecule has 1 N–H and O–H groups in total. The molecule has 5 nitrogen and oxygen atoms in total. The average Bonchev–Trinajstić information content (AvgIpc) is 2.86. The molecule has 0 aliphatic carbocycles. The highest BCUT2D eigenvalue weighted by Crippen LogP contribution is 2.38. The van der Waals surface area contributed by atoms with Crippen LogP contribution < -0.4 is 14.4 Å². The maximum Gasteiger partial charge on any atom is 0.275 e. The minimum absolute atomic E-state index is 0.573. The van der Waals surface area contributed by atoms with Crippen molar-refractivity contribution >= 4 is 11.5 Å². The summed E-state index contributed by atoms with van der Waals surface area (Å²) in [5.74, 6) is 2.89. The lowest BCUT2D eigenvalue weighted by Gasteiger charge is -2.29. The van der Waals surface area contributed by atoms with Gasteiger partial charge in [0.15, 0.2) is 6.54 Å². The van der Waals surface area contributed by atoms with E-state index in [1.54, 1.807) is 0 Å². The monoisotopic (exact) mass is 395 g/mol. The molecule has 0 amide bonds. The van der Waals surface area contributed by atoms with Crippen LogP contribution in [-0.2, 0) is 5.72 Å². The molecule has 0 fully saturated rings. The van der Waals surface area contributed by atoms with Crippen molar-refractivity contribution in [3.05, 3.63) is 54.1 Å². The molecular weight excluding hydrogens is 364 g/mol. The largest absolute Gasteiger partial charge is 0.494 e. The first-order chi connectivity index (χ1) is 14.2. The lowest BCUT2D eigenvalue weighted by atomic mass is 9.99. The summed E-state index contributed by atoms with van der Waals surface area (Å²) in [4.78, 5) is 2.13. The summed E-state index contributed by atoms with van der Waals surface area (Å²) >= 11 is 0. The number of hydrogen-bond donors (Lipinski definition) is 1. The third kappa shape index (κ3) is 3.84. The summed E-state index contributed by atoms with van der Waals surface area (Å²) in [6.45, 7) is 6.80. The van der Waals surface area contributed by atoms with Gasteiger partial charge in [0.2, 0.25) is 0 Å². The number of anilines is 1. The number of rotatable bonds is 6. The van der Waals surface area contributed by atoms with Crippen molar-refractivity contribution in [1.82, 2.24) is 0 Å². The molecule has 1 atom stereocenters. The van der Waals surface area contributed by atoms with Crippen LogP contribution in [0.5, 0.6) is 11.5 Å². The lowest BCUT2D eigenvalue weighted by Crippen LogP contribution is -2.47. The van der Waals surface area contributed by atoms with Crippen molar-refractivity contribution in [3.8, 4) is 11.5 Å². The van der Waals surface area contributed by atoms with Crippen LogP contribution >= 0.6 is 0 Å². The van der Waals surface area contributed by atoms with Gasteiger partial charge in [0, 0.05) is 12.0 Å². The van der Waals surface area contributed by atoms with Gasteiger partial charge in [-0.1, -0.05) is 0 Å². The number of amidine groups is 1. The highest BCUT2D eigenvalue weighted by Gasteiger charge is 2.54. The van der Waals surface area contributed by atoms with Crippen molar-refractivity contribution in [2.24, 2.45) is 0 Å². The first-order valence-corrected chi connectivity index (χ1v) is 10.8. The van der Waals surface area contributed by atoms with E-state index in [0.29, 0.717) is 19.8 Å². The maximum atomic E-state index is 12.0. The van der Waals surface area contributed by atoms with Gasteiger partial charge in [-0.25, -0.2) is 0 Å². The average molecular weight is 396 g/mol. The van der Waals surface area contributed by atoms with Crippen molar-refractivity contribution in [2.75, 3.05) is 31.2 Å². The van der Waals surface area contributed by atoms with Crippen LogP contribution in [-0.4, -0.2) is 41.8 Å². The van der Waals surface area contributed by atoms with Crippen molar-refractivity contribution in [3.63, 3.8) is 0 Å². The minimum atomic E-state index is -1.11. The Labute approximate surface area is 173 Å². The fraction of sp³-hybridized carbons (Fsp3) is 0.458. The zero-order valence-electron chi connectivity index (χ0n) is 17.4. The van der Waals surface area contributed by atoms with E-state index in [1.807, 2.05) is 62.4 Å². The summed E-state index contributed by atoms with van der Waals surface area (Å²) in [6.07, 6.45) is 4.53. The van der Waals surface area contributed by atoms with Crippen LogP contribution in [0, 0.1) is 0 Å². The maximum absolute atomic E-state index is 12.0. The number of nitrogens with zero attached hydrogens (tertiary/aromatic N) is 2. The number of aliphatic hydroxyl groups is 1. The van der Waals surface area contributed by atoms with Crippen LogP contribution in [0.15, 0.2) is 48.5 Å². The van der Waals surface area contributed by atoms with E-state index in [-0.39, 0.29) is 0 Å². The molecule has 0 radical (unpaired) electrons. The Bertz CT molecular complexity index is 861. The fourth-order valence-electron chi connectivity index (χ4n) is 4.45. The molecule has 29 heavy (non-hydrogen) atoms. The Hall–Kier alpha value is -2.53. The van der Waals surface area contributed by atoms with Gasteiger partial charge >= 0.3 is 0 Å². The predicted octanol–water partition coefficient (Wildman–Crippen LogP) is 4.13. The van der Waals surface area contributed by atoms with Crippen molar-refractivity contribution < 1.29 is 19.2 Å². The normalized spacial score (nSPS) is 21.7. The second-order valence-corrected chi connectivity index (χ2v) is 7.68. The van der Waals surface area contributed by atoms with Gasteiger partial charge in [-0.05, 0) is 81.6 Å². The fourth-order valence-corrected chi connectivity index (χ4v) is 4.45. The molecule has 2 aliphatic rings. The second-order valence-electron chi connectivity index (χ2n) is 7.68. The molecule has 0 unspecified atom stereocenters. The van der Waals surface area contributed by atoms with Crippen LogP contribution in [0.1, 0.15) is 45.1 Å². The van der Waals surface area contributed by atoms with Gasteiger partial charge in [-0.2, -0.15) is 4.90 Å². The van der Waals surface area contributed by atoms with E-state index in [1.165, 1.54) is 18.7 Å². The zero-order chi connectivity index (χ0) is 20.3. The van der Waals surface area contributed by atoms with Gasteiger partial charge in [0.25, 0.3) is 11.6 Å². The molecule has 0 saturated heterocycles. The van der Waals surface area contributed by atoms with Crippen molar-refractivity contribution in [1.29, 1.82) is 0 Å². The van der Waals surface area contributed by atoms with Crippen LogP contribution in [0.3, 0.4) is 0 Å². The van der Waals surface area contributed by atoms with E-state index in [0.717, 1.165) is 42.1 Å². The van der Waals surface area contributed by atoms with E-state index >= 15 is 0 Å². The Morgan fingerprint density at radius 3 is 2.14 bits per heavy atom. The highest BCUT2D eigenvalue weighted by molar-refractivity contribution is 5.97. The topological polar surface area (TPSA) is 44.9 Å². The van der Waals surface area contributed by atoms with Gasteiger partial charge in [-0.15, -0.1) is 0 Å². The zero-order valence-corrected chi connectivity index (χ0v) is 17.4. The summed E-state index contributed by atoms with van der Waals surface area (Å²) in [5, 5.41) is 12.0. The Morgan fingerprint density at radius 2 is 1.52 bits per heavy atom. The quantitative estimate of drug-likeness (QED) is 0.747. The Morgan fingerprint density at radius 1 is 0.897 bits per heavy atom. The third-order valence-electron chi connectivity index (χ3n) is 5.77. The smallest absolute Gasteiger partial charge is 0.275 e. The summed E-state index contributed by atoms with van der Waals surface area (Å²) < 4.78 is 13.6. The van der Waals surface area contributed by atoms with Gasteiger partial charge < -0.3 is 14.6 Å². The SMILES string of the molecule is CCOc1ccc(N2C3=[N+](CCCCC3)C[C@@]2(O)c2ccc(OCC)cc2)cc1. The molecule has 154 valence electrons. The Kier molecular flexibility index (Phi) is 5.76. The molecule has 2 aliphatic heterocycles. The lowest BCUT2D eigenvalue weighted by molar-refractivity contribution is -0.534. The van der Waals surface area contributed by atoms with E-state index in [2.05, 4.69) is 9.48 Å². The van der Waals surface area contributed by atoms with Crippen molar-refractivity contribution in [2.45, 2.75) is 45.3 Å². The number of ether oxygens (including phenoxy) is 2. The standard InChI is InChI=1S/C24H31N2O3/c1-3-28-21-13-9-19(10-14-21)24(27)18-25-17-7-5-6-8-23(25)26(24)20-11-15-22(16-12-20)29-4-2/h9-16,27H,3-8,17-18H2,1-2H3/q+1/t24-/m1/s1. The molecule has 0 saturated carbocycles. The van der Waals surface area contributed by atoms with Crippen LogP contribution in [0.4, 0.5) is 5.69 Å².